The van der Waals surface area contributed by atoms with Crippen molar-refractivity contribution < 1.29 is 0 Å². The van der Waals surface area contributed by atoms with Crippen molar-refractivity contribution in [2.75, 3.05) is 38.6 Å². The van der Waals surface area contributed by atoms with Crippen LogP contribution in [0.4, 0.5) is 11.4 Å². The van der Waals surface area contributed by atoms with E-state index < -0.39 is 0 Å². The Hall–Kier alpha value is -3.25. The molecule has 1 aliphatic heterocycles. The van der Waals surface area contributed by atoms with E-state index in [1.165, 1.54) is 37.9 Å². The molecule has 46 heavy (non-hydrogen) atoms. The second-order valence-electron chi connectivity index (χ2n) is 11.7. The van der Waals surface area contributed by atoms with E-state index in [0.717, 1.165) is 37.5 Å². The number of hydrogen-bond acceptors (Lipinski definition) is 4. The summed E-state index contributed by atoms with van der Waals surface area (Å²) in [5.74, 6) is 0.433. The maximum absolute atomic E-state index is 6.21. The molecule has 0 saturated heterocycles. The minimum Gasteiger partial charge on any atom is -0.340 e. The topological polar surface area (TPSA) is 18.5 Å². The second kappa shape index (κ2) is 18.2. The number of halogens is 2. The Morgan fingerprint density at radius 3 is 1.85 bits per heavy atom. The van der Waals surface area contributed by atoms with Gasteiger partial charge in [-0.25, -0.2) is 0 Å². The Labute approximate surface area is 291 Å². The first-order valence-electron chi connectivity index (χ1n) is 15.9. The van der Waals surface area contributed by atoms with Crippen molar-refractivity contribution in [2.24, 2.45) is 0 Å². The molecule has 3 nitrogen and oxygen atoms in total. The Morgan fingerprint density at radius 2 is 1.24 bits per heavy atom. The molecular weight excluding hydrogens is 625 g/mol. The summed E-state index contributed by atoms with van der Waals surface area (Å²) < 4.78 is 0. The van der Waals surface area contributed by atoms with Crippen LogP contribution in [-0.2, 0) is 0 Å². The van der Waals surface area contributed by atoms with E-state index in [4.69, 9.17) is 11.6 Å². The summed E-state index contributed by atoms with van der Waals surface area (Å²) in [6, 6.07) is 47.4. The number of nitrogens with one attached hydrogen (secondary N) is 1. The molecule has 0 radical (unpaired) electrons. The Morgan fingerprint density at radius 1 is 0.696 bits per heavy atom. The smallest absolute Gasteiger partial charge is 0.0567 e. The highest BCUT2D eigenvalue weighted by Crippen LogP contribution is 2.48. The summed E-state index contributed by atoms with van der Waals surface area (Å²) in [6.07, 6.45) is 2.21. The Balaban J connectivity index is 0.000000206. The molecule has 5 aromatic carbocycles. The molecule has 0 saturated carbocycles. The molecule has 0 aliphatic carbocycles. The first kappa shape index (κ1) is 35.6. The van der Waals surface area contributed by atoms with Crippen LogP contribution in [0.15, 0.2) is 143 Å². The van der Waals surface area contributed by atoms with Gasteiger partial charge < -0.3 is 15.1 Å². The minimum absolute atomic E-state index is 0. The molecule has 0 spiro atoms. The van der Waals surface area contributed by atoms with Crippen molar-refractivity contribution in [3.05, 3.63) is 155 Å². The summed E-state index contributed by atoms with van der Waals surface area (Å²) >= 11 is 8.03. The lowest BCUT2D eigenvalue weighted by Gasteiger charge is -2.33. The van der Waals surface area contributed by atoms with Gasteiger partial charge in [-0.1, -0.05) is 126 Å². The SMILES string of the molecule is CC(NCCC(c1ccccc1)c1ccccc1)c1ccccc1.CN(C)CCCN1c2ccccc2Sc2ccc(Cl)cc21.Cl. The van der Waals surface area contributed by atoms with Crippen molar-refractivity contribution in [2.45, 2.75) is 41.5 Å². The van der Waals surface area contributed by atoms with Gasteiger partial charge >= 0.3 is 0 Å². The molecular formula is C40H45Cl2N3S. The highest BCUT2D eigenvalue weighted by Gasteiger charge is 2.23. The molecule has 6 rings (SSSR count). The second-order valence-corrected chi connectivity index (χ2v) is 13.3. The van der Waals surface area contributed by atoms with Gasteiger partial charge in [-0.3, -0.25) is 0 Å². The van der Waals surface area contributed by atoms with Crippen LogP contribution >= 0.6 is 35.8 Å². The predicted octanol–water partition coefficient (Wildman–Crippen LogP) is 10.9. The Kier molecular flexibility index (Phi) is 14.1. The van der Waals surface area contributed by atoms with Crippen LogP contribution in [0, 0.1) is 0 Å². The summed E-state index contributed by atoms with van der Waals surface area (Å²) in [7, 11) is 4.23. The van der Waals surface area contributed by atoms with Crippen LogP contribution in [0.3, 0.4) is 0 Å². The first-order valence-corrected chi connectivity index (χ1v) is 17.1. The van der Waals surface area contributed by atoms with Crippen molar-refractivity contribution in [3.8, 4) is 0 Å². The van der Waals surface area contributed by atoms with Crippen molar-refractivity contribution >= 4 is 47.1 Å². The summed E-state index contributed by atoms with van der Waals surface area (Å²) in [5, 5.41) is 4.47. The molecule has 1 unspecified atom stereocenters. The quantitative estimate of drug-likeness (QED) is 0.151. The molecule has 240 valence electrons. The molecule has 0 amide bonds. The Bertz CT molecular complexity index is 1560. The van der Waals surface area contributed by atoms with E-state index in [2.05, 4.69) is 164 Å². The normalized spacial score (nSPS) is 12.4. The third-order valence-electron chi connectivity index (χ3n) is 8.16. The van der Waals surface area contributed by atoms with Gasteiger partial charge in [0, 0.05) is 33.3 Å². The lowest BCUT2D eigenvalue weighted by atomic mass is 9.88. The van der Waals surface area contributed by atoms with Gasteiger partial charge in [-0.15, -0.1) is 12.4 Å². The highest BCUT2D eigenvalue weighted by atomic mass is 35.5. The van der Waals surface area contributed by atoms with Crippen LogP contribution in [-0.4, -0.2) is 38.6 Å². The van der Waals surface area contributed by atoms with Gasteiger partial charge in [0.1, 0.15) is 0 Å². The fourth-order valence-electron chi connectivity index (χ4n) is 5.79. The van der Waals surface area contributed by atoms with Gasteiger partial charge in [0.2, 0.25) is 0 Å². The number of fused-ring (bicyclic) bond motifs is 2. The lowest BCUT2D eigenvalue weighted by Crippen LogP contribution is -2.25. The molecule has 1 atom stereocenters. The van der Waals surface area contributed by atoms with E-state index in [9.17, 15) is 0 Å². The fourth-order valence-corrected chi connectivity index (χ4v) is 7.03. The average Bonchev–Trinajstić information content (AvgIpc) is 3.08. The van der Waals surface area contributed by atoms with Gasteiger partial charge in [-0.05, 0) is 94.0 Å². The van der Waals surface area contributed by atoms with Gasteiger partial charge in [0.05, 0.1) is 11.4 Å². The summed E-state index contributed by atoms with van der Waals surface area (Å²) in [5.41, 5.74) is 6.63. The van der Waals surface area contributed by atoms with Gasteiger partial charge in [-0.2, -0.15) is 0 Å². The van der Waals surface area contributed by atoms with E-state index in [0.29, 0.717) is 12.0 Å². The monoisotopic (exact) mass is 669 g/mol. The standard InChI is InChI=1S/C23H25N.C17H19ClN2S.ClH/c1-19(20-11-5-2-6-12-20)24-18-17-23(21-13-7-3-8-14-21)22-15-9-4-10-16-22;1-19(2)10-5-11-20-14-6-3-4-7-16(14)21-17-9-8-13(18)12-15(17)20;/h2-16,19,23-24H,17-18H2,1H3;3-4,6-9,12H,5,10-11H2,1-2H3;1H. The maximum Gasteiger partial charge on any atom is 0.0567 e. The first-order chi connectivity index (χ1) is 22.0. The van der Waals surface area contributed by atoms with E-state index in [-0.39, 0.29) is 12.4 Å². The van der Waals surface area contributed by atoms with Gasteiger partial charge in [0.15, 0.2) is 0 Å². The maximum atomic E-state index is 6.21. The molecule has 1 aliphatic rings. The third-order valence-corrected chi connectivity index (χ3v) is 9.53. The fraction of sp³-hybridized carbons (Fsp3) is 0.250. The lowest BCUT2D eigenvalue weighted by molar-refractivity contribution is 0.402. The number of rotatable bonds is 11. The zero-order valence-electron chi connectivity index (χ0n) is 27.0. The number of hydrogen-bond donors (Lipinski definition) is 1. The number of para-hydroxylation sites is 1. The van der Waals surface area contributed by atoms with E-state index in [1.54, 1.807) is 0 Å². The molecule has 5 aromatic rings. The molecule has 0 fully saturated rings. The number of benzene rings is 5. The van der Waals surface area contributed by atoms with Gasteiger partial charge in [0.25, 0.3) is 0 Å². The largest absolute Gasteiger partial charge is 0.340 e. The van der Waals surface area contributed by atoms with Crippen LogP contribution in [0.25, 0.3) is 0 Å². The van der Waals surface area contributed by atoms with Crippen LogP contribution in [0.5, 0.6) is 0 Å². The third kappa shape index (κ3) is 9.87. The van der Waals surface area contributed by atoms with E-state index >= 15 is 0 Å². The molecule has 6 heteroatoms. The van der Waals surface area contributed by atoms with Crippen LogP contribution < -0.4 is 10.2 Å². The van der Waals surface area contributed by atoms with Crippen molar-refractivity contribution in [1.29, 1.82) is 0 Å². The zero-order valence-corrected chi connectivity index (χ0v) is 29.4. The molecule has 1 N–H and O–H groups in total. The molecule has 0 bridgehead atoms. The molecule has 1 heterocycles. The van der Waals surface area contributed by atoms with Crippen LogP contribution in [0.1, 0.15) is 48.4 Å². The predicted molar refractivity (Wildman–Crippen MR) is 202 cm³/mol. The highest BCUT2D eigenvalue weighted by molar-refractivity contribution is 7.99. The van der Waals surface area contributed by atoms with Crippen molar-refractivity contribution in [1.82, 2.24) is 10.2 Å². The summed E-state index contributed by atoms with van der Waals surface area (Å²) in [4.78, 5) is 7.22. The van der Waals surface area contributed by atoms with Crippen LogP contribution in [0.2, 0.25) is 5.02 Å². The van der Waals surface area contributed by atoms with E-state index in [1.807, 2.05) is 17.8 Å². The van der Waals surface area contributed by atoms with Crippen molar-refractivity contribution in [3.63, 3.8) is 0 Å². The zero-order chi connectivity index (χ0) is 31.4. The minimum atomic E-state index is 0. The average molecular weight is 671 g/mol. The number of nitrogens with zero attached hydrogens (tertiary/aromatic N) is 2. The summed E-state index contributed by atoms with van der Waals surface area (Å²) in [6.45, 7) is 5.31. The molecule has 0 aromatic heterocycles. The number of anilines is 2.